The van der Waals surface area contributed by atoms with Gasteiger partial charge in [-0.05, 0) is 29.9 Å². The van der Waals surface area contributed by atoms with Crippen molar-refractivity contribution in [2.45, 2.75) is 6.42 Å². The van der Waals surface area contributed by atoms with Crippen LogP contribution in [0.4, 0.5) is 5.82 Å². The Morgan fingerprint density at radius 3 is 3.13 bits per heavy atom. The maximum absolute atomic E-state index is 5.66. The van der Waals surface area contributed by atoms with E-state index < -0.39 is 0 Å². The lowest BCUT2D eigenvalue weighted by molar-refractivity contribution is 0.460. The standard InChI is InChI=1S/C11H12N2OS/c12-11-9-7-8(3-1-2-6-15)4-5-10(9)14-13-11/h1,3-5,7,15H,2,6H2,(H2,12,13). The summed E-state index contributed by atoms with van der Waals surface area (Å²) in [7, 11) is 0. The first-order chi connectivity index (χ1) is 7.31. The second-order valence-corrected chi connectivity index (χ2v) is 3.69. The first-order valence-electron chi connectivity index (χ1n) is 4.73. The quantitative estimate of drug-likeness (QED) is 0.782. The van der Waals surface area contributed by atoms with Crippen LogP contribution in [0.2, 0.25) is 0 Å². The number of nitrogen functional groups attached to an aromatic ring is 1. The van der Waals surface area contributed by atoms with Crippen LogP contribution < -0.4 is 5.73 Å². The van der Waals surface area contributed by atoms with Crippen LogP contribution in [0.5, 0.6) is 0 Å². The smallest absolute Gasteiger partial charge is 0.174 e. The van der Waals surface area contributed by atoms with E-state index in [0.717, 1.165) is 28.7 Å². The molecule has 0 atom stereocenters. The van der Waals surface area contributed by atoms with Crippen LogP contribution in [0.1, 0.15) is 12.0 Å². The van der Waals surface area contributed by atoms with Crippen molar-refractivity contribution in [3.05, 3.63) is 29.8 Å². The lowest BCUT2D eigenvalue weighted by Gasteiger charge is -1.93. The molecule has 0 saturated carbocycles. The average molecular weight is 220 g/mol. The van der Waals surface area contributed by atoms with E-state index >= 15 is 0 Å². The van der Waals surface area contributed by atoms with Gasteiger partial charge in [-0.25, -0.2) is 0 Å². The van der Waals surface area contributed by atoms with Crippen molar-refractivity contribution in [3.8, 4) is 0 Å². The van der Waals surface area contributed by atoms with Crippen molar-refractivity contribution >= 4 is 35.5 Å². The molecule has 78 valence electrons. The van der Waals surface area contributed by atoms with E-state index in [4.69, 9.17) is 10.3 Å². The predicted molar refractivity (Wildman–Crippen MR) is 65.9 cm³/mol. The molecule has 0 unspecified atom stereocenters. The van der Waals surface area contributed by atoms with Crippen molar-refractivity contribution in [3.63, 3.8) is 0 Å². The Morgan fingerprint density at radius 1 is 1.47 bits per heavy atom. The molecule has 0 radical (unpaired) electrons. The van der Waals surface area contributed by atoms with Gasteiger partial charge in [-0.2, -0.15) is 12.6 Å². The van der Waals surface area contributed by atoms with Crippen LogP contribution >= 0.6 is 12.6 Å². The van der Waals surface area contributed by atoms with Gasteiger partial charge < -0.3 is 10.3 Å². The summed E-state index contributed by atoms with van der Waals surface area (Å²) in [4.78, 5) is 0. The summed E-state index contributed by atoms with van der Waals surface area (Å²) in [5.74, 6) is 1.29. The highest BCUT2D eigenvalue weighted by Crippen LogP contribution is 2.22. The van der Waals surface area contributed by atoms with Gasteiger partial charge in [0.2, 0.25) is 0 Å². The average Bonchev–Trinajstić information content (AvgIpc) is 2.61. The molecule has 1 heterocycles. The topological polar surface area (TPSA) is 52.0 Å². The normalized spacial score (nSPS) is 11.5. The number of hydrogen-bond acceptors (Lipinski definition) is 4. The Morgan fingerprint density at radius 2 is 2.33 bits per heavy atom. The number of nitrogens with zero attached hydrogens (tertiary/aromatic N) is 1. The molecule has 0 aliphatic heterocycles. The zero-order chi connectivity index (χ0) is 10.7. The molecule has 0 amide bonds. The van der Waals surface area contributed by atoms with E-state index in [1.165, 1.54) is 0 Å². The third-order valence-electron chi connectivity index (χ3n) is 2.13. The Kier molecular flexibility index (Phi) is 2.97. The number of thiol groups is 1. The number of benzene rings is 1. The van der Waals surface area contributed by atoms with Crippen molar-refractivity contribution in [2.75, 3.05) is 11.5 Å². The number of hydrogen-bond donors (Lipinski definition) is 2. The lowest BCUT2D eigenvalue weighted by atomic mass is 10.1. The second kappa shape index (κ2) is 4.40. The highest BCUT2D eigenvalue weighted by molar-refractivity contribution is 7.80. The van der Waals surface area contributed by atoms with Crippen LogP contribution in [-0.4, -0.2) is 10.9 Å². The van der Waals surface area contributed by atoms with Gasteiger partial charge in [0.15, 0.2) is 11.4 Å². The summed E-state index contributed by atoms with van der Waals surface area (Å²) in [6.07, 6.45) is 5.08. The molecule has 4 heteroatoms. The first kappa shape index (κ1) is 10.1. The van der Waals surface area contributed by atoms with E-state index in [2.05, 4.69) is 23.9 Å². The van der Waals surface area contributed by atoms with E-state index in [9.17, 15) is 0 Å². The minimum atomic E-state index is 0.439. The zero-order valence-corrected chi connectivity index (χ0v) is 9.08. The number of allylic oxidation sites excluding steroid dienone is 1. The molecule has 0 aliphatic rings. The molecular formula is C11H12N2OS. The molecular weight excluding hydrogens is 208 g/mol. The number of anilines is 1. The molecule has 0 fully saturated rings. The van der Waals surface area contributed by atoms with Gasteiger partial charge >= 0.3 is 0 Å². The van der Waals surface area contributed by atoms with Crippen molar-refractivity contribution < 1.29 is 4.52 Å². The minimum Gasteiger partial charge on any atom is -0.380 e. The van der Waals surface area contributed by atoms with Gasteiger partial charge in [0.25, 0.3) is 0 Å². The van der Waals surface area contributed by atoms with Gasteiger partial charge in [-0.1, -0.05) is 23.4 Å². The molecule has 0 spiro atoms. The van der Waals surface area contributed by atoms with E-state index in [1.807, 2.05) is 24.3 Å². The monoisotopic (exact) mass is 220 g/mol. The van der Waals surface area contributed by atoms with Crippen LogP contribution in [0.15, 0.2) is 28.8 Å². The highest BCUT2D eigenvalue weighted by atomic mass is 32.1. The Bertz CT molecular complexity index is 490. The predicted octanol–water partition coefficient (Wildman–Crippen LogP) is 2.74. The van der Waals surface area contributed by atoms with Gasteiger partial charge in [-0.15, -0.1) is 0 Å². The maximum atomic E-state index is 5.66. The largest absolute Gasteiger partial charge is 0.380 e. The second-order valence-electron chi connectivity index (χ2n) is 3.24. The summed E-state index contributed by atoms with van der Waals surface area (Å²) in [5, 5.41) is 4.56. The first-order valence-corrected chi connectivity index (χ1v) is 5.37. The zero-order valence-electron chi connectivity index (χ0n) is 8.18. The number of nitrogens with two attached hydrogens (primary N) is 1. The highest BCUT2D eigenvalue weighted by Gasteiger charge is 2.03. The molecule has 0 saturated heterocycles. The summed E-state index contributed by atoms with van der Waals surface area (Å²) >= 11 is 4.14. The van der Waals surface area contributed by atoms with E-state index in [1.54, 1.807) is 0 Å². The summed E-state index contributed by atoms with van der Waals surface area (Å²) in [6, 6.07) is 5.82. The molecule has 3 nitrogen and oxygen atoms in total. The minimum absolute atomic E-state index is 0.439. The third-order valence-corrected chi connectivity index (χ3v) is 2.39. The molecule has 0 bridgehead atoms. The molecule has 1 aromatic carbocycles. The third kappa shape index (κ3) is 2.15. The summed E-state index contributed by atoms with van der Waals surface area (Å²) < 4.78 is 5.02. The Labute approximate surface area is 93.3 Å². The fourth-order valence-electron chi connectivity index (χ4n) is 1.37. The van der Waals surface area contributed by atoms with Crippen molar-refractivity contribution in [2.24, 2.45) is 0 Å². The molecule has 15 heavy (non-hydrogen) atoms. The van der Waals surface area contributed by atoms with E-state index in [-0.39, 0.29) is 0 Å². The number of aromatic nitrogens is 1. The van der Waals surface area contributed by atoms with Crippen LogP contribution in [0.3, 0.4) is 0 Å². The Balaban J connectivity index is 2.33. The maximum Gasteiger partial charge on any atom is 0.174 e. The number of rotatable bonds is 3. The molecule has 2 rings (SSSR count). The SMILES string of the molecule is Nc1noc2ccc(C=CCCS)cc12. The summed E-state index contributed by atoms with van der Waals surface area (Å²) in [6.45, 7) is 0. The summed E-state index contributed by atoms with van der Waals surface area (Å²) in [5.41, 5.74) is 7.48. The van der Waals surface area contributed by atoms with E-state index in [0.29, 0.717) is 5.82 Å². The van der Waals surface area contributed by atoms with Crippen molar-refractivity contribution in [1.82, 2.24) is 5.16 Å². The van der Waals surface area contributed by atoms with Crippen LogP contribution in [0.25, 0.3) is 17.0 Å². The molecule has 0 aliphatic carbocycles. The van der Waals surface area contributed by atoms with Crippen molar-refractivity contribution in [1.29, 1.82) is 0 Å². The molecule has 2 aromatic rings. The lowest BCUT2D eigenvalue weighted by Crippen LogP contribution is -1.83. The fraction of sp³-hybridized carbons (Fsp3) is 0.182. The van der Waals surface area contributed by atoms with Gasteiger partial charge in [-0.3, -0.25) is 0 Å². The van der Waals surface area contributed by atoms with Crippen LogP contribution in [-0.2, 0) is 0 Å². The molecule has 1 aromatic heterocycles. The fourth-order valence-corrected chi connectivity index (χ4v) is 1.52. The van der Waals surface area contributed by atoms with Gasteiger partial charge in [0, 0.05) is 0 Å². The molecule has 2 N–H and O–H groups in total. The Hall–Kier alpha value is -1.42. The van der Waals surface area contributed by atoms with Crippen LogP contribution in [0, 0.1) is 0 Å². The van der Waals surface area contributed by atoms with Gasteiger partial charge in [0.05, 0.1) is 5.39 Å². The van der Waals surface area contributed by atoms with Gasteiger partial charge in [0.1, 0.15) is 0 Å². The number of fused-ring (bicyclic) bond motifs is 1.